The van der Waals surface area contributed by atoms with Crippen molar-refractivity contribution in [1.29, 1.82) is 0 Å². The van der Waals surface area contributed by atoms with Gasteiger partial charge in [0.25, 0.3) is 0 Å². The lowest BCUT2D eigenvalue weighted by molar-refractivity contribution is -0.288. The van der Waals surface area contributed by atoms with Crippen LogP contribution in [-0.2, 0) is 6.42 Å². The Bertz CT molecular complexity index is 687. The Morgan fingerprint density at radius 2 is 1.33 bits per heavy atom. The van der Waals surface area contributed by atoms with E-state index in [9.17, 15) is 39.5 Å². The van der Waals surface area contributed by atoms with Gasteiger partial charge in [-0.25, -0.2) is 0 Å². The van der Waals surface area contributed by atoms with Gasteiger partial charge in [-0.15, -0.1) is 39.5 Å². The molecule has 1 rings (SSSR count). The summed E-state index contributed by atoms with van der Waals surface area (Å²) in [6.45, 7) is 3.88. The molecule has 0 aliphatic rings. The van der Waals surface area contributed by atoms with Gasteiger partial charge in [0.15, 0.2) is 11.5 Å². The lowest BCUT2D eigenvalue weighted by atomic mass is 9.92. The van der Waals surface area contributed by atoms with E-state index in [0.717, 1.165) is 0 Å². The van der Waals surface area contributed by atoms with E-state index in [1.807, 2.05) is 6.92 Å². The minimum Gasteiger partial charge on any atom is -0.406 e. The third kappa shape index (κ3) is 10.1. The molecule has 2 atom stereocenters. The number of benzene rings is 1. The summed E-state index contributed by atoms with van der Waals surface area (Å²) >= 11 is 0. The van der Waals surface area contributed by atoms with E-state index in [4.69, 9.17) is 5.73 Å². The molecule has 30 heavy (non-hydrogen) atoms. The number of halogens is 9. The van der Waals surface area contributed by atoms with Gasteiger partial charge in [0, 0.05) is 11.6 Å². The van der Waals surface area contributed by atoms with E-state index in [0.29, 0.717) is 19.0 Å². The molecule has 0 saturated heterocycles. The smallest absolute Gasteiger partial charge is 0.406 e. The average molecular weight is 457 g/mol. The van der Waals surface area contributed by atoms with E-state index < -0.39 is 41.9 Å². The van der Waals surface area contributed by atoms with Gasteiger partial charge in [-0.3, -0.25) is 0 Å². The highest BCUT2D eigenvalue weighted by molar-refractivity contribution is 5.52. The van der Waals surface area contributed by atoms with Crippen LogP contribution in [0.5, 0.6) is 17.2 Å². The number of alkyl halides is 9. The zero-order valence-corrected chi connectivity index (χ0v) is 15.8. The Labute approximate surface area is 166 Å². The van der Waals surface area contributed by atoms with Crippen LogP contribution in [0.15, 0.2) is 12.1 Å². The van der Waals surface area contributed by atoms with Crippen molar-refractivity contribution >= 4 is 0 Å². The third-order valence-electron chi connectivity index (χ3n) is 3.90. The van der Waals surface area contributed by atoms with Gasteiger partial charge in [0.1, 0.15) is 5.75 Å². The zero-order chi connectivity index (χ0) is 23.3. The topological polar surface area (TPSA) is 53.7 Å². The Morgan fingerprint density at radius 1 is 0.800 bits per heavy atom. The first-order valence-corrected chi connectivity index (χ1v) is 8.63. The molecular weight excluding hydrogens is 437 g/mol. The van der Waals surface area contributed by atoms with Gasteiger partial charge in [-0.1, -0.05) is 13.8 Å². The highest BCUT2D eigenvalue weighted by Gasteiger charge is 2.39. The van der Waals surface area contributed by atoms with Gasteiger partial charge < -0.3 is 19.9 Å². The maximum absolute atomic E-state index is 12.7. The molecule has 1 aromatic rings. The average Bonchev–Trinajstić information content (AvgIpc) is 2.51. The van der Waals surface area contributed by atoms with Crippen LogP contribution < -0.4 is 19.9 Å². The summed E-state index contributed by atoms with van der Waals surface area (Å²) in [4.78, 5) is 0. The van der Waals surface area contributed by atoms with E-state index in [-0.39, 0.29) is 30.7 Å². The predicted molar refractivity (Wildman–Crippen MR) is 86.8 cm³/mol. The van der Waals surface area contributed by atoms with Crippen molar-refractivity contribution in [3.63, 3.8) is 0 Å². The van der Waals surface area contributed by atoms with Crippen molar-refractivity contribution in [3.8, 4) is 17.2 Å². The summed E-state index contributed by atoms with van der Waals surface area (Å²) < 4.78 is 124. The molecule has 0 amide bonds. The summed E-state index contributed by atoms with van der Waals surface area (Å²) in [6.07, 6.45) is -15.8. The normalized spacial score (nSPS) is 14.9. The molecular formula is C17H20F9NO3. The molecule has 0 fully saturated rings. The molecule has 0 aliphatic heterocycles. The van der Waals surface area contributed by atoms with Crippen LogP contribution in [0, 0.1) is 11.8 Å². The Balaban J connectivity index is 3.36. The van der Waals surface area contributed by atoms with Crippen LogP contribution in [0.2, 0.25) is 0 Å². The maximum Gasteiger partial charge on any atom is 0.573 e. The second-order valence-electron chi connectivity index (χ2n) is 6.77. The molecule has 2 N–H and O–H groups in total. The number of nitrogens with two attached hydrogens (primary N) is 1. The molecule has 174 valence electrons. The number of hydrogen-bond donors (Lipinski definition) is 1. The lowest BCUT2D eigenvalue weighted by Crippen LogP contribution is -2.23. The van der Waals surface area contributed by atoms with Gasteiger partial charge in [-0.05, 0) is 43.7 Å². The Morgan fingerprint density at radius 3 is 1.80 bits per heavy atom. The van der Waals surface area contributed by atoms with E-state index in [1.165, 1.54) is 0 Å². The fourth-order valence-corrected chi connectivity index (χ4v) is 2.75. The van der Waals surface area contributed by atoms with E-state index in [2.05, 4.69) is 14.2 Å². The third-order valence-corrected chi connectivity index (χ3v) is 3.90. The number of ether oxygens (including phenoxy) is 3. The first kappa shape index (κ1) is 26.0. The quantitative estimate of drug-likeness (QED) is 0.467. The lowest BCUT2D eigenvalue weighted by Gasteiger charge is -2.21. The Kier molecular flexibility index (Phi) is 8.52. The molecule has 0 saturated carbocycles. The van der Waals surface area contributed by atoms with Crippen molar-refractivity contribution in [3.05, 3.63) is 17.7 Å². The van der Waals surface area contributed by atoms with Crippen molar-refractivity contribution in [1.82, 2.24) is 0 Å². The predicted octanol–water partition coefficient (Wildman–Crippen LogP) is 5.94. The van der Waals surface area contributed by atoms with Gasteiger partial charge in [0.2, 0.25) is 0 Å². The molecule has 0 spiro atoms. The first-order chi connectivity index (χ1) is 13.5. The van der Waals surface area contributed by atoms with Crippen LogP contribution in [0.4, 0.5) is 39.5 Å². The molecule has 1 aromatic carbocycles. The number of aryl methyl sites for hydroxylation is 1. The first-order valence-electron chi connectivity index (χ1n) is 8.63. The van der Waals surface area contributed by atoms with Crippen LogP contribution >= 0.6 is 0 Å². The largest absolute Gasteiger partial charge is 0.573 e. The van der Waals surface area contributed by atoms with Crippen LogP contribution in [0.25, 0.3) is 0 Å². The minimum atomic E-state index is -5.48. The fourth-order valence-electron chi connectivity index (χ4n) is 2.75. The highest BCUT2D eigenvalue weighted by Crippen LogP contribution is 2.43. The molecule has 0 bridgehead atoms. The van der Waals surface area contributed by atoms with Crippen molar-refractivity contribution in [2.75, 3.05) is 6.54 Å². The second kappa shape index (κ2) is 9.84. The standard InChI is InChI=1S/C17H20F9NO3/c1-9(5-10(2)8-27)3-4-11-6-12(28-15(18,19)20)7-13(29-16(21,22)23)14(11)30-17(24,25)26/h6-7,9-10H,3-5,8,27H2,1-2H3. The molecule has 0 heterocycles. The Hall–Kier alpha value is -2.05. The number of hydrogen-bond acceptors (Lipinski definition) is 4. The summed E-state index contributed by atoms with van der Waals surface area (Å²) in [7, 11) is 0. The molecule has 0 aliphatic carbocycles. The monoisotopic (exact) mass is 457 g/mol. The van der Waals surface area contributed by atoms with Gasteiger partial charge >= 0.3 is 19.1 Å². The maximum atomic E-state index is 12.7. The van der Waals surface area contributed by atoms with Crippen molar-refractivity contribution in [2.45, 2.75) is 52.2 Å². The highest BCUT2D eigenvalue weighted by atomic mass is 19.4. The fraction of sp³-hybridized carbons (Fsp3) is 0.647. The molecule has 0 radical (unpaired) electrons. The van der Waals surface area contributed by atoms with E-state index in [1.54, 1.807) is 6.92 Å². The van der Waals surface area contributed by atoms with Gasteiger partial charge in [0.05, 0.1) is 0 Å². The zero-order valence-electron chi connectivity index (χ0n) is 15.8. The van der Waals surface area contributed by atoms with Crippen molar-refractivity contribution in [2.24, 2.45) is 17.6 Å². The van der Waals surface area contributed by atoms with Crippen LogP contribution in [0.1, 0.15) is 32.3 Å². The summed E-state index contributed by atoms with van der Waals surface area (Å²) in [6, 6.07) is 0.572. The second-order valence-corrected chi connectivity index (χ2v) is 6.77. The molecule has 13 heteroatoms. The van der Waals surface area contributed by atoms with Gasteiger partial charge in [-0.2, -0.15) is 0 Å². The molecule has 0 aromatic heterocycles. The van der Waals surface area contributed by atoms with Crippen LogP contribution in [0.3, 0.4) is 0 Å². The van der Waals surface area contributed by atoms with E-state index >= 15 is 0 Å². The summed E-state index contributed by atoms with van der Waals surface area (Å²) in [5.74, 6) is -4.22. The van der Waals surface area contributed by atoms with Crippen LogP contribution in [-0.4, -0.2) is 25.6 Å². The summed E-state index contributed by atoms with van der Waals surface area (Å²) in [5.41, 5.74) is 4.90. The SMILES string of the molecule is CC(CN)CC(C)CCc1cc(OC(F)(F)F)cc(OC(F)(F)F)c1OC(F)(F)F. The molecule has 4 nitrogen and oxygen atoms in total. The van der Waals surface area contributed by atoms with Crippen molar-refractivity contribution < 1.29 is 53.7 Å². The minimum absolute atomic E-state index is 0.0332. The summed E-state index contributed by atoms with van der Waals surface area (Å²) in [5, 5.41) is 0. The molecule has 2 unspecified atom stereocenters. The number of rotatable bonds is 9.